The first-order valence-electron chi connectivity index (χ1n) is 5.27. The molecule has 0 spiro atoms. The largest absolute Gasteiger partial charge is 0.382 e. The Labute approximate surface area is 106 Å². The van der Waals surface area contributed by atoms with Crippen LogP contribution in [0.25, 0.3) is 0 Å². The maximum Gasteiger partial charge on any atom is 0.241 e. The normalized spacial score (nSPS) is 11.7. The highest BCUT2D eigenvalue weighted by Crippen LogP contribution is 1.95. The van der Waals surface area contributed by atoms with Crippen molar-refractivity contribution in [1.29, 1.82) is 0 Å². The second-order valence-electron chi connectivity index (χ2n) is 3.89. The van der Waals surface area contributed by atoms with Gasteiger partial charge >= 0.3 is 0 Å². The van der Waals surface area contributed by atoms with E-state index >= 15 is 0 Å². The standard InChI is InChI=1S/C9H17N5O3S/c1-13(2)18(16,17)6-4-11-9(15)7-14-5-3-8(10)12-14/h3,5H,4,6-7H2,1-2H3,(H2,10,12)(H,11,15). The molecule has 3 N–H and O–H groups in total. The molecule has 8 nitrogen and oxygen atoms in total. The predicted molar refractivity (Wildman–Crippen MR) is 67.1 cm³/mol. The lowest BCUT2D eigenvalue weighted by Gasteiger charge is -2.11. The van der Waals surface area contributed by atoms with E-state index in [1.54, 1.807) is 12.3 Å². The summed E-state index contributed by atoms with van der Waals surface area (Å²) < 4.78 is 25.3. The molecule has 1 aromatic rings. The number of hydrogen-bond acceptors (Lipinski definition) is 5. The quantitative estimate of drug-likeness (QED) is 0.654. The smallest absolute Gasteiger partial charge is 0.241 e. The van der Waals surface area contributed by atoms with Crippen LogP contribution in [0.4, 0.5) is 5.82 Å². The van der Waals surface area contributed by atoms with Crippen molar-refractivity contribution in [2.24, 2.45) is 0 Å². The van der Waals surface area contributed by atoms with Crippen molar-refractivity contribution in [1.82, 2.24) is 19.4 Å². The van der Waals surface area contributed by atoms with E-state index in [-0.39, 0.29) is 24.7 Å². The lowest BCUT2D eigenvalue weighted by molar-refractivity contribution is -0.121. The van der Waals surface area contributed by atoms with E-state index in [1.807, 2.05) is 0 Å². The van der Waals surface area contributed by atoms with Crippen LogP contribution in [0.5, 0.6) is 0 Å². The zero-order chi connectivity index (χ0) is 13.8. The molecule has 0 saturated heterocycles. The van der Waals surface area contributed by atoms with Gasteiger partial charge in [0, 0.05) is 26.8 Å². The maximum absolute atomic E-state index is 11.5. The average molecular weight is 275 g/mol. The van der Waals surface area contributed by atoms with E-state index in [0.717, 1.165) is 4.31 Å². The van der Waals surface area contributed by atoms with E-state index in [2.05, 4.69) is 10.4 Å². The molecular weight excluding hydrogens is 258 g/mol. The number of sulfonamides is 1. The highest BCUT2D eigenvalue weighted by molar-refractivity contribution is 7.89. The van der Waals surface area contributed by atoms with Crippen LogP contribution in [-0.2, 0) is 21.4 Å². The number of carbonyl (C=O) groups excluding carboxylic acids is 1. The number of nitrogens with one attached hydrogen (secondary N) is 1. The summed E-state index contributed by atoms with van der Waals surface area (Å²) in [6.45, 7) is 0.0787. The maximum atomic E-state index is 11.5. The summed E-state index contributed by atoms with van der Waals surface area (Å²) in [6, 6.07) is 1.57. The van der Waals surface area contributed by atoms with Gasteiger partial charge < -0.3 is 11.1 Å². The van der Waals surface area contributed by atoms with Crippen molar-refractivity contribution < 1.29 is 13.2 Å². The molecule has 0 aromatic carbocycles. The summed E-state index contributed by atoms with van der Waals surface area (Å²) in [6.07, 6.45) is 1.57. The molecule has 1 heterocycles. The molecule has 1 aromatic heterocycles. The first-order chi connectivity index (χ1) is 8.31. The summed E-state index contributed by atoms with van der Waals surface area (Å²) in [7, 11) is -0.390. The van der Waals surface area contributed by atoms with E-state index in [1.165, 1.54) is 18.8 Å². The second-order valence-corrected chi connectivity index (χ2v) is 6.19. The molecule has 0 saturated carbocycles. The number of hydrogen-bond donors (Lipinski definition) is 2. The van der Waals surface area contributed by atoms with Crippen molar-refractivity contribution >= 4 is 21.7 Å². The fraction of sp³-hybridized carbons (Fsp3) is 0.556. The van der Waals surface area contributed by atoms with E-state index in [9.17, 15) is 13.2 Å². The Balaban J connectivity index is 2.34. The van der Waals surface area contributed by atoms with Gasteiger partial charge in [-0.25, -0.2) is 12.7 Å². The molecule has 18 heavy (non-hydrogen) atoms. The van der Waals surface area contributed by atoms with Crippen LogP contribution < -0.4 is 11.1 Å². The van der Waals surface area contributed by atoms with Crippen LogP contribution in [0.15, 0.2) is 12.3 Å². The van der Waals surface area contributed by atoms with Gasteiger partial charge in [0.25, 0.3) is 0 Å². The molecule has 0 aliphatic heterocycles. The van der Waals surface area contributed by atoms with E-state index < -0.39 is 10.0 Å². The van der Waals surface area contributed by atoms with Gasteiger partial charge in [0.2, 0.25) is 15.9 Å². The first-order valence-corrected chi connectivity index (χ1v) is 6.88. The van der Waals surface area contributed by atoms with Crippen molar-refractivity contribution in [2.75, 3.05) is 32.1 Å². The van der Waals surface area contributed by atoms with Gasteiger partial charge in [-0.2, -0.15) is 5.10 Å². The molecular formula is C9H17N5O3S. The Morgan fingerprint density at radius 2 is 2.22 bits per heavy atom. The SMILES string of the molecule is CN(C)S(=O)(=O)CCNC(=O)Cn1ccc(N)n1. The van der Waals surface area contributed by atoms with Crippen molar-refractivity contribution in [3.05, 3.63) is 12.3 Å². The van der Waals surface area contributed by atoms with E-state index in [4.69, 9.17) is 5.73 Å². The Kier molecular flexibility index (Phi) is 4.68. The Morgan fingerprint density at radius 1 is 1.56 bits per heavy atom. The summed E-state index contributed by atoms with van der Waals surface area (Å²) in [5.74, 6) is -0.113. The number of rotatable bonds is 6. The molecule has 0 atom stereocenters. The van der Waals surface area contributed by atoms with Crippen LogP contribution in [0.3, 0.4) is 0 Å². The molecule has 9 heteroatoms. The number of aromatic nitrogens is 2. The topological polar surface area (TPSA) is 110 Å². The third-order valence-electron chi connectivity index (χ3n) is 2.21. The fourth-order valence-corrected chi connectivity index (χ4v) is 1.90. The molecule has 0 bridgehead atoms. The third kappa shape index (κ3) is 4.34. The average Bonchev–Trinajstić information content (AvgIpc) is 2.63. The number of carbonyl (C=O) groups is 1. The van der Waals surface area contributed by atoms with Crippen LogP contribution >= 0.6 is 0 Å². The zero-order valence-corrected chi connectivity index (χ0v) is 11.1. The minimum absolute atomic E-state index is 0.0131. The Bertz CT molecular complexity index is 508. The molecule has 0 radical (unpaired) electrons. The van der Waals surface area contributed by atoms with Gasteiger partial charge in [-0.1, -0.05) is 0 Å². The fourth-order valence-electron chi connectivity index (χ4n) is 1.17. The van der Waals surface area contributed by atoms with Gasteiger partial charge in [-0.05, 0) is 6.07 Å². The van der Waals surface area contributed by atoms with Crippen LogP contribution in [0, 0.1) is 0 Å². The van der Waals surface area contributed by atoms with Gasteiger partial charge in [0.15, 0.2) is 0 Å². The number of anilines is 1. The number of amides is 1. The van der Waals surface area contributed by atoms with E-state index in [0.29, 0.717) is 5.82 Å². The van der Waals surface area contributed by atoms with Gasteiger partial charge in [0.1, 0.15) is 12.4 Å². The lowest BCUT2D eigenvalue weighted by atomic mass is 10.5. The minimum Gasteiger partial charge on any atom is -0.382 e. The molecule has 0 aliphatic carbocycles. The minimum atomic E-state index is -3.29. The van der Waals surface area contributed by atoms with Gasteiger partial charge in [0.05, 0.1) is 5.75 Å². The molecule has 0 aliphatic rings. The molecule has 1 rings (SSSR count). The third-order valence-corrected chi connectivity index (χ3v) is 4.04. The first kappa shape index (κ1) is 14.5. The second kappa shape index (κ2) is 5.83. The molecule has 0 fully saturated rings. The highest BCUT2D eigenvalue weighted by atomic mass is 32.2. The molecule has 1 amide bonds. The Morgan fingerprint density at radius 3 is 2.72 bits per heavy atom. The summed E-state index contributed by atoms with van der Waals surface area (Å²) >= 11 is 0. The highest BCUT2D eigenvalue weighted by Gasteiger charge is 2.13. The number of nitrogens with two attached hydrogens (primary N) is 1. The van der Waals surface area contributed by atoms with Crippen molar-refractivity contribution in [2.45, 2.75) is 6.54 Å². The van der Waals surface area contributed by atoms with Crippen molar-refractivity contribution in [3.8, 4) is 0 Å². The van der Waals surface area contributed by atoms with Gasteiger partial charge in [-0.3, -0.25) is 9.48 Å². The zero-order valence-electron chi connectivity index (χ0n) is 10.3. The van der Waals surface area contributed by atoms with Crippen LogP contribution in [0.2, 0.25) is 0 Å². The van der Waals surface area contributed by atoms with Crippen LogP contribution in [-0.4, -0.2) is 54.8 Å². The predicted octanol–water partition coefficient (Wildman–Crippen LogP) is -1.53. The summed E-state index contributed by atoms with van der Waals surface area (Å²) in [5, 5.41) is 6.35. The molecule has 0 unspecified atom stereocenters. The molecule has 102 valence electrons. The Hall–Kier alpha value is -1.61. The number of nitrogens with zero attached hydrogens (tertiary/aromatic N) is 3. The lowest BCUT2D eigenvalue weighted by Crippen LogP contribution is -2.35. The monoisotopic (exact) mass is 275 g/mol. The summed E-state index contributed by atoms with van der Waals surface area (Å²) in [4.78, 5) is 11.5. The number of nitrogen functional groups attached to an aromatic ring is 1. The van der Waals surface area contributed by atoms with Crippen LogP contribution in [0.1, 0.15) is 0 Å². The van der Waals surface area contributed by atoms with Crippen molar-refractivity contribution in [3.63, 3.8) is 0 Å². The summed E-state index contributed by atoms with van der Waals surface area (Å²) in [5.41, 5.74) is 5.40. The van der Waals surface area contributed by atoms with Gasteiger partial charge in [-0.15, -0.1) is 0 Å².